The Morgan fingerprint density at radius 1 is 1.19 bits per heavy atom. The molecule has 0 unspecified atom stereocenters. The summed E-state index contributed by atoms with van der Waals surface area (Å²) in [5.74, 6) is 0.322. The lowest BCUT2D eigenvalue weighted by molar-refractivity contribution is -0.224. The van der Waals surface area contributed by atoms with Crippen molar-refractivity contribution in [2.24, 2.45) is 39.9 Å². The maximum absolute atomic E-state index is 13.4. The number of likely N-dealkylation sites (tertiary alicyclic amines) is 1. The average Bonchev–Trinajstić information content (AvgIpc) is 3.24. The lowest BCUT2D eigenvalue weighted by Gasteiger charge is -2.65. The molecule has 6 aliphatic rings. The summed E-state index contributed by atoms with van der Waals surface area (Å²) in [4.78, 5) is 40.5. The Hall–Kier alpha value is -1.69. The third-order valence-electron chi connectivity index (χ3n) is 10.9. The van der Waals surface area contributed by atoms with Gasteiger partial charge in [-0.05, 0) is 61.0 Å². The molecule has 7 bridgehead atoms. The first-order chi connectivity index (χ1) is 15.1. The van der Waals surface area contributed by atoms with Gasteiger partial charge < -0.3 is 9.47 Å². The molecule has 0 N–H and O–H groups in total. The summed E-state index contributed by atoms with van der Waals surface area (Å²) in [6.45, 7) is 13.9. The standard InChI is InChI=1S/C26H35NO5/c1-6-27-12-24(5)8-7-21(31-14(3)28)26-19(24)9-17(22(26)27)25-11-16(18(30)10-20(25)26)13(2)23(25)32-15(4)29/h16-17,19-23H,2,6-12H2,1,3-5H3/t16-,17-,19+,20+,21-,22+,23+,24-,25-,26+/m0/s1. The predicted molar refractivity (Wildman–Crippen MR) is 116 cm³/mol. The van der Waals surface area contributed by atoms with Gasteiger partial charge in [0.05, 0.1) is 0 Å². The maximum atomic E-state index is 13.4. The van der Waals surface area contributed by atoms with Gasteiger partial charge >= 0.3 is 11.9 Å². The SMILES string of the molecule is C=C1[C@@H]2C[C@@]3([C@@H]1OC(C)=O)[C@@H](CC2=O)[C@]12[C@@H](OC(C)=O)CC[C@@]4(C)CN(CC)[C@@H]1[C@@H]3C[C@H]42. The quantitative estimate of drug-likeness (QED) is 0.495. The van der Waals surface area contributed by atoms with Crippen LogP contribution < -0.4 is 0 Å². The third kappa shape index (κ3) is 2.10. The van der Waals surface area contributed by atoms with E-state index in [2.05, 4.69) is 25.3 Å². The van der Waals surface area contributed by atoms with Crippen LogP contribution in [0.3, 0.4) is 0 Å². The van der Waals surface area contributed by atoms with Crippen molar-refractivity contribution < 1.29 is 23.9 Å². The Bertz CT molecular complexity index is 945. The summed E-state index contributed by atoms with van der Waals surface area (Å²) in [5.41, 5.74) is 0.446. The zero-order valence-corrected chi connectivity index (χ0v) is 19.7. The van der Waals surface area contributed by atoms with Crippen molar-refractivity contribution in [3.05, 3.63) is 12.2 Å². The number of nitrogens with zero attached hydrogens (tertiary/aromatic N) is 1. The second-order valence-corrected chi connectivity index (χ2v) is 11.8. The minimum atomic E-state index is -0.405. The zero-order chi connectivity index (χ0) is 22.8. The number of ether oxygens (including phenoxy) is 2. The molecule has 0 aromatic rings. The average molecular weight is 442 g/mol. The van der Waals surface area contributed by atoms with Crippen molar-refractivity contribution >= 4 is 17.7 Å². The van der Waals surface area contributed by atoms with E-state index in [1.165, 1.54) is 13.8 Å². The molecule has 5 aliphatic carbocycles. The fourth-order valence-corrected chi connectivity index (χ4v) is 10.4. The van der Waals surface area contributed by atoms with Crippen LogP contribution in [0.5, 0.6) is 0 Å². The van der Waals surface area contributed by atoms with E-state index in [0.29, 0.717) is 18.3 Å². The molecule has 0 radical (unpaired) electrons. The topological polar surface area (TPSA) is 72.9 Å². The Kier molecular flexibility index (Phi) is 4.08. The van der Waals surface area contributed by atoms with Crippen LogP contribution in [0.2, 0.25) is 0 Å². The normalized spacial score (nSPS) is 52.7. The second kappa shape index (κ2) is 6.25. The molecule has 6 fully saturated rings. The molecule has 6 nitrogen and oxygen atoms in total. The van der Waals surface area contributed by atoms with Crippen LogP contribution in [-0.2, 0) is 23.9 Å². The Morgan fingerprint density at radius 2 is 1.91 bits per heavy atom. The summed E-state index contributed by atoms with van der Waals surface area (Å²) in [7, 11) is 0. The number of piperidine rings is 1. The maximum Gasteiger partial charge on any atom is 0.303 e. The summed E-state index contributed by atoms with van der Waals surface area (Å²) in [5, 5.41) is 0. The number of ketones is 1. The zero-order valence-electron chi connectivity index (χ0n) is 19.7. The highest BCUT2D eigenvalue weighted by Gasteiger charge is 2.86. The molecule has 0 amide bonds. The highest BCUT2D eigenvalue weighted by Crippen LogP contribution is 2.83. The lowest BCUT2D eigenvalue weighted by Crippen LogP contribution is -2.69. The molecule has 32 heavy (non-hydrogen) atoms. The molecule has 5 saturated carbocycles. The molecular weight excluding hydrogens is 406 g/mol. The number of rotatable bonds is 3. The molecule has 1 aliphatic heterocycles. The molecule has 1 heterocycles. The van der Waals surface area contributed by atoms with Crippen molar-refractivity contribution in [2.45, 2.75) is 78.0 Å². The first kappa shape index (κ1) is 20.9. The van der Waals surface area contributed by atoms with E-state index >= 15 is 0 Å². The second-order valence-electron chi connectivity index (χ2n) is 11.8. The summed E-state index contributed by atoms with van der Waals surface area (Å²) in [6, 6.07) is 0.260. The van der Waals surface area contributed by atoms with Crippen LogP contribution >= 0.6 is 0 Å². The van der Waals surface area contributed by atoms with Crippen molar-refractivity contribution in [3.8, 4) is 0 Å². The smallest absolute Gasteiger partial charge is 0.303 e. The number of esters is 2. The van der Waals surface area contributed by atoms with Crippen molar-refractivity contribution in [1.29, 1.82) is 0 Å². The Balaban J connectivity index is 1.59. The number of carbonyl (C=O) groups excluding carboxylic acids is 3. The fraction of sp³-hybridized carbons (Fsp3) is 0.808. The van der Waals surface area contributed by atoms with Gasteiger partial charge in [0, 0.05) is 49.6 Å². The molecule has 174 valence electrons. The van der Waals surface area contributed by atoms with E-state index in [0.717, 1.165) is 44.3 Å². The summed E-state index contributed by atoms with van der Waals surface area (Å²) >= 11 is 0. The minimum absolute atomic E-state index is 0.0643. The molecule has 0 aromatic heterocycles. The molecule has 0 aromatic carbocycles. The molecule has 6 rings (SSSR count). The number of carbonyl (C=O) groups is 3. The molecule has 2 spiro atoms. The monoisotopic (exact) mass is 441 g/mol. The largest absolute Gasteiger partial charge is 0.462 e. The molecule has 10 atom stereocenters. The lowest BCUT2D eigenvalue weighted by atomic mass is 9.43. The summed E-state index contributed by atoms with van der Waals surface area (Å²) in [6.07, 6.45) is 3.62. The third-order valence-corrected chi connectivity index (χ3v) is 10.9. The van der Waals surface area contributed by atoms with Gasteiger partial charge in [-0.1, -0.05) is 20.4 Å². The van der Waals surface area contributed by atoms with Crippen molar-refractivity contribution in [1.82, 2.24) is 4.90 Å². The highest BCUT2D eigenvalue weighted by molar-refractivity contribution is 5.87. The highest BCUT2D eigenvalue weighted by atomic mass is 16.5. The van der Waals surface area contributed by atoms with Crippen LogP contribution in [0.1, 0.15) is 59.8 Å². The first-order valence-corrected chi connectivity index (χ1v) is 12.4. The Morgan fingerprint density at radius 3 is 2.56 bits per heavy atom. The van der Waals surface area contributed by atoms with Gasteiger partial charge in [0.15, 0.2) is 0 Å². The number of fused-ring (bicyclic) bond motifs is 1. The molecular formula is C26H35NO5. The van der Waals surface area contributed by atoms with Crippen LogP contribution in [0.15, 0.2) is 12.2 Å². The van der Waals surface area contributed by atoms with Crippen molar-refractivity contribution in [2.75, 3.05) is 13.1 Å². The van der Waals surface area contributed by atoms with E-state index in [1.807, 2.05) is 0 Å². The van der Waals surface area contributed by atoms with Gasteiger partial charge in [-0.15, -0.1) is 0 Å². The van der Waals surface area contributed by atoms with Gasteiger partial charge in [-0.3, -0.25) is 19.3 Å². The van der Waals surface area contributed by atoms with Gasteiger partial charge in [-0.25, -0.2) is 0 Å². The van der Waals surface area contributed by atoms with E-state index in [9.17, 15) is 14.4 Å². The van der Waals surface area contributed by atoms with Crippen LogP contribution in [0.4, 0.5) is 0 Å². The van der Waals surface area contributed by atoms with Crippen LogP contribution in [0, 0.1) is 39.9 Å². The number of hydrogen-bond donors (Lipinski definition) is 0. The number of Topliss-reactive ketones (excluding diaryl/α,β-unsaturated/α-hetero) is 1. The van der Waals surface area contributed by atoms with Gasteiger partial charge in [0.25, 0.3) is 0 Å². The molecule has 1 saturated heterocycles. The van der Waals surface area contributed by atoms with E-state index in [4.69, 9.17) is 9.47 Å². The summed E-state index contributed by atoms with van der Waals surface area (Å²) < 4.78 is 12.2. The van der Waals surface area contributed by atoms with Crippen LogP contribution in [-0.4, -0.2) is 54.0 Å². The van der Waals surface area contributed by atoms with Gasteiger partial charge in [0.1, 0.15) is 18.0 Å². The minimum Gasteiger partial charge on any atom is -0.462 e. The number of hydrogen-bond acceptors (Lipinski definition) is 6. The van der Waals surface area contributed by atoms with Gasteiger partial charge in [0.2, 0.25) is 0 Å². The predicted octanol–water partition coefficient (Wildman–Crippen LogP) is 3.14. The van der Waals surface area contributed by atoms with Gasteiger partial charge in [-0.2, -0.15) is 0 Å². The molecule has 6 heteroatoms. The first-order valence-electron chi connectivity index (χ1n) is 12.4. The van der Waals surface area contributed by atoms with Crippen LogP contribution in [0.25, 0.3) is 0 Å². The fourth-order valence-electron chi connectivity index (χ4n) is 10.4. The van der Waals surface area contributed by atoms with Crippen molar-refractivity contribution in [3.63, 3.8) is 0 Å². The van der Waals surface area contributed by atoms with E-state index in [1.54, 1.807) is 0 Å². The van der Waals surface area contributed by atoms with E-state index in [-0.39, 0.29) is 57.9 Å². The Labute approximate surface area is 190 Å². The van der Waals surface area contributed by atoms with E-state index < -0.39 is 6.10 Å².